The van der Waals surface area contributed by atoms with Crippen molar-refractivity contribution in [1.29, 1.82) is 0 Å². The van der Waals surface area contributed by atoms with Gasteiger partial charge in [0.25, 0.3) is 5.82 Å². The van der Waals surface area contributed by atoms with E-state index in [-0.39, 0.29) is 0 Å². The Morgan fingerprint density at radius 3 is 2.32 bits per heavy atom. The smallest absolute Gasteiger partial charge is 0.274 e. The second-order valence-electron chi connectivity index (χ2n) is 7.64. The van der Waals surface area contributed by atoms with Crippen molar-refractivity contribution in [2.24, 2.45) is 0 Å². The molecular formula is C20H29N5O2S+2. The molecule has 28 heavy (non-hydrogen) atoms. The van der Waals surface area contributed by atoms with Gasteiger partial charge in [-0.25, -0.2) is 13.4 Å². The van der Waals surface area contributed by atoms with Gasteiger partial charge in [-0.1, -0.05) is 6.42 Å². The Morgan fingerprint density at radius 1 is 0.964 bits per heavy atom. The van der Waals surface area contributed by atoms with Gasteiger partial charge in [-0.2, -0.15) is 4.31 Å². The number of aromatic nitrogens is 2. The Labute approximate surface area is 167 Å². The second kappa shape index (κ2) is 8.55. The zero-order valence-electron chi connectivity index (χ0n) is 16.2. The molecule has 150 valence electrons. The predicted molar refractivity (Wildman–Crippen MR) is 106 cm³/mol. The molecule has 0 spiro atoms. The van der Waals surface area contributed by atoms with Gasteiger partial charge in [-0.15, -0.1) is 0 Å². The third-order valence-electron chi connectivity index (χ3n) is 5.74. The van der Waals surface area contributed by atoms with E-state index in [0.717, 1.165) is 57.8 Å². The lowest BCUT2D eigenvalue weighted by Gasteiger charge is -2.28. The second-order valence-corrected chi connectivity index (χ2v) is 9.58. The molecule has 0 radical (unpaired) electrons. The zero-order chi connectivity index (χ0) is 19.4. The number of pyridine rings is 2. The van der Waals surface area contributed by atoms with E-state index in [2.05, 4.69) is 27.0 Å². The fourth-order valence-electron chi connectivity index (χ4n) is 4.04. The molecule has 2 saturated heterocycles. The highest BCUT2D eigenvalue weighted by Gasteiger charge is 2.29. The first-order valence-corrected chi connectivity index (χ1v) is 11.6. The average Bonchev–Trinajstić information content (AvgIpc) is 2.76. The molecule has 2 aromatic heterocycles. The summed E-state index contributed by atoms with van der Waals surface area (Å²) in [4.78, 5) is 11.5. The number of nitrogens with zero attached hydrogens (tertiary/aromatic N) is 3. The van der Waals surface area contributed by atoms with E-state index in [1.165, 1.54) is 5.56 Å². The quantitative estimate of drug-likeness (QED) is 0.761. The molecule has 0 aromatic carbocycles. The summed E-state index contributed by atoms with van der Waals surface area (Å²) in [6.07, 6.45) is 8.36. The third-order valence-corrected chi connectivity index (χ3v) is 7.63. The van der Waals surface area contributed by atoms with Crippen molar-refractivity contribution in [2.45, 2.75) is 30.7 Å². The number of rotatable bonds is 5. The number of piperidine rings is 1. The summed E-state index contributed by atoms with van der Waals surface area (Å²) in [6, 6.07) is 7.81. The van der Waals surface area contributed by atoms with Gasteiger partial charge in [0.05, 0.1) is 0 Å². The molecule has 2 aromatic rings. The summed E-state index contributed by atoms with van der Waals surface area (Å²) in [5, 5.41) is 0. The number of hydrogen-bond acceptors (Lipinski definition) is 4. The van der Waals surface area contributed by atoms with Crippen molar-refractivity contribution in [3.05, 3.63) is 48.4 Å². The standard InChI is InChI=1S/C20H27N5O2S/c26-28(27,25-10-2-1-3-11-25)19-4-5-20(22-16-19)24-14-12-23(13-15-24)17-18-6-8-21-9-7-18/h4-9,16H,1-3,10-15,17H2/p+2. The Balaban J connectivity index is 1.36. The van der Waals surface area contributed by atoms with Gasteiger partial charge in [-0.05, 0) is 31.0 Å². The van der Waals surface area contributed by atoms with Crippen molar-refractivity contribution < 1.29 is 18.3 Å². The molecule has 0 unspecified atom stereocenters. The molecule has 4 rings (SSSR count). The molecule has 0 saturated carbocycles. The fraction of sp³-hybridized carbons (Fsp3) is 0.500. The number of H-pyrrole nitrogens is 1. The van der Waals surface area contributed by atoms with Crippen LogP contribution in [0.3, 0.4) is 0 Å². The maximum Gasteiger partial charge on any atom is 0.274 e. The lowest BCUT2D eigenvalue weighted by molar-refractivity contribution is -0.914. The van der Waals surface area contributed by atoms with Crippen LogP contribution in [0.25, 0.3) is 0 Å². The summed E-state index contributed by atoms with van der Waals surface area (Å²) in [5.41, 5.74) is 1.32. The minimum absolute atomic E-state index is 0.361. The van der Waals surface area contributed by atoms with Crippen LogP contribution in [0.1, 0.15) is 24.8 Å². The summed E-state index contributed by atoms with van der Waals surface area (Å²) in [5.74, 6) is 0.987. The SMILES string of the molecule is O=S(=O)(c1ccc(N2CC[NH+](Cc3ccncc3)CC2)[nH+]c1)N1CCCCC1. The molecule has 2 aliphatic rings. The maximum atomic E-state index is 12.8. The Hall–Kier alpha value is -2.03. The number of anilines is 1. The number of piperazine rings is 1. The first-order chi connectivity index (χ1) is 13.6. The lowest BCUT2D eigenvalue weighted by atomic mass is 10.2. The summed E-state index contributed by atoms with van der Waals surface area (Å²) >= 11 is 0. The van der Waals surface area contributed by atoms with Gasteiger partial charge in [0.15, 0.2) is 0 Å². The molecular weight excluding hydrogens is 374 g/mol. The minimum atomic E-state index is -3.38. The van der Waals surface area contributed by atoms with Gasteiger partial charge < -0.3 is 4.90 Å². The topological polar surface area (TPSA) is 72.1 Å². The van der Waals surface area contributed by atoms with Gasteiger partial charge in [0.1, 0.15) is 43.8 Å². The molecule has 2 N–H and O–H groups in total. The summed E-state index contributed by atoms with van der Waals surface area (Å²) < 4.78 is 27.2. The number of aromatic amines is 1. The van der Waals surface area contributed by atoms with Crippen molar-refractivity contribution in [1.82, 2.24) is 9.29 Å². The van der Waals surface area contributed by atoms with Crippen molar-refractivity contribution >= 4 is 15.8 Å². The summed E-state index contributed by atoms with van der Waals surface area (Å²) in [7, 11) is -3.38. The van der Waals surface area contributed by atoms with Gasteiger partial charge in [0.2, 0.25) is 10.0 Å². The van der Waals surface area contributed by atoms with Crippen LogP contribution in [0.5, 0.6) is 0 Å². The molecule has 8 heteroatoms. The van der Waals surface area contributed by atoms with E-state index < -0.39 is 10.0 Å². The van der Waals surface area contributed by atoms with Crippen LogP contribution < -0.4 is 14.8 Å². The maximum absolute atomic E-state index is 12.8. The van der Waals surface area contributed by atoms with Crippen LogP contribution in [0.2, 0.25) is 0 Å². The summed E-state index contributed by atoms with van der Waals surface area (Å²) in [6.45, 7) is 6.31. The molecule has 0 amide bonds. The Kier molecular flexibility index (Phi) is 5.89. The highest BCUT2D eigenvalue weighted by molar-refractivity contribution is 7.89. The first-order valence-electron chi connectivity index (χ1n) is 10.1. The Bertz CT molecular complexity index is 859. The lowest BCUT2D eigenvalue weighted by Crippen LogP contribution is -3.13. The zero-order valence-corrected chi connectivity index (χ0v) is 17.0. The predicted octanol–water partition coefficient (Wildman–Crippen LogP) is -0.0246. The fourth-order valence-corrected chi connectivity index (χ4v) is 5.53. The number of quaternary nitrogens is 1. The third kappa shape index (κ3) is 4.34. The van der Waals surface area contributed by atoms with Crippen LogP contribution in [-0.4, -0.2) is 57.0 Å². The number of nitrogens with one attached hydrogen (secondary N) is 2. The van der Waals surface area contributed by atoms with Gasteiger partial charge in [0, 0.05) is 37.1 Å². The molecule has 2 fully saturated rings. The van der Waals surface area contributed by atoms with Crippen LogP contribution in [0.15, 0.2) is 47.8 Å². The highest BCUT2D eigenvalue weighted by atomic mass is 32.2. The normalized spacial score (nSPS) is 19.6. The largest absolute Gasteiger partial charge is 0.325 e. The van der Waals surface area contributed by atoms with E-state index >= 15 is 0 Å². The highest BCUT2D eigenvalue weighted by Crippen LogP contribution is 2.20. The van der Waals surface area contributed by atoms with Crippen molar-refractivity contribution in [3.8, 4) is 0 Å². The first kappa shape index (κ1) is 19.3. The van der Waals surface area contributed by atoms with Crippen LogP contribution in [0.4, 0.5) is 5.82 Å². The molecule has 2 aliphatic heterocycles. The van der Waals surface area contributed by atoms with Crippen LogP contribution in [-0.2, 0) is 16.6 Å². The van der Waals surface area contributed by atoms with Crippen molar-refractivity contribution in [3.63, 3.8) is 0 Å². The van der Waals surface area contributed by atoms with E-state index in [4.69, 9.17) is 0 Å². The molecule has 0 atom stereocenters. The van der Waals surface area contributed by atoms with Gasteiger partial charge in [-0.3, -0.25) is 9.88 Å². The molecule has 7 nitrogen and oxygen atoms in total. The molecule has 0 bridgehead atoms. The van der Waals surface area contributed by atoms with Gasteiger partial charge >= 0.3 is 0 Å². The number of sulfonamides is 1. The van der Waals surface area contributed by atoms with Crippen LogP contribution >= 0.6 is 0 Å². The minimum Gasteiger partial charge on any atom is -0.325 e. The molecule has 0 aliphatic carbocycles. The van der Waals surface area contributed by atoms with Crippen molar-refractivity contribution in [2.75, 3.05) is 44.2 Å². The Morgan fingerprint density at radius 2 is 1.68 bits per heavy atom. The van der Waals surface area contributed by atoms with E-state index in [9.17, 15) is 8.42 Å². The van der Waals surface area contributed by atoms with E-state index in [1.807, 2.05) is 18.5 Å². The van der Waals surface area contributed by atoms with E-state index in [1.54, 1.807) is 21.5 Å². The molecule has 4 heterocycles. The monoisotopic (exact) mass is 403 g/mol. The van der Waals surface area contributed by atoms with Crippen LogP contribution in [0, 0.1) is 0 Å². The van der Waals surface area contributed by atoms with E-state index in [0.29, 0.717) is 18.0 Å². The number of hydrogen-bond donors (Lipinski definition) is 1. The average molecular weight is 404 g/mol.